The van der Waals surface area contributed by atoms with Crippen molar-refractivity contribution in [2.24, 2.45) is 11.8 Å². The Balaban J connectivity index is 1.18. The minimum Gasteiger partial charge on any atom is -0.475 e. The van der Waals surface area contributed by atoms with Gasteiger partial charge in [0.05, 0.1) is 28.8 Å². The molecule has 2 aliphatic rings. The molecule has 3 aromatic rings. The molecule has 3 N–H and O–H groups in total. The molecule has 2 aromatic heterocycles. The van der Waals surface area contributed by atoms with Crippen molar-refractivity contribution in [1.82, 2.24) is 25.7 Å². The molecule has 4 heterocycles. The Kier molecular flexibility index (Phi) is 8.82. The van der Waals surface area contributed by atoms with Gasteiger partial charge in [0.25, 0.3) is 5.88 Å². The molecule has 2 unspecified atom stereocenters. The number of carbonyl (C=O) groups excluding carboxylic acids is 2. The zero-order chi connectivity index (χ0) is 28.2. The number of ether oxygens (including phenoxy) is 1. The predicted molar refractivity (Wildman–Crippen MR) is 151 cm³/mol. The van der Waals surface area contributed by atoms with Crippen LogP contribution in [-0.2, 0) is 16.0 Å². The van der Waals surface area contributed by atoms with Crippen molar-refractivity contribution in [3.63, 3.8) is 0 Å². The highest BCUT2D eigenvalue weighted by Crippen LogP contribution is 2.32. The van der Waals surface area contributed by atoms with Crippen molar-refractivity contribution in [3.8, 4) is 16.3 Å². The zero-order valence-electron chi connectivity index (χ0n) is 23.1. The number of amides is 2. The van der Waals surface area contributed by atoms with Crippen molar-refractivity contribution in [1.29, 1.82) is 0 Å². The second kappa shape index (κ2) is 12.5. The van der Waals surface area contributed by atoms with Crippen LogP contribution in [-0.4, -0.2) is 76.9 Å². The fourth-order valence-electron chi connectivity index (χ4n) is 5.23. The topological polar surface area (TPSA) is 130 Å². The van der Waals surface area contributed by atoms with E-state index in [9.17, 15) is 14.7 Å². The summed E-state index contributed by atoms with van der Waals surface area (Å²) in [5, 5.41) is 20.6. The van der Waals surface area contributed by atoms with Gasteiger partial charge in [-0.15, -0.1) is 11.3 Å². The quantitative estimate of drug-likeness (QED) is 0.323. The Morgan fingerprint density at radius 1 is 1.27 bits per heavy atom. The number of rotatable bonds is 11. The zero-order valence-corrected chi connectivity index (χ0v) is 23.9. The van der Waals surface area contributed by atoms with E-state index in [0.29, 0.717) is 37.1 Å². The van der Waals surface area contributed by atoms with Crippen LogP contribution in [0.1, 0.15) is 43.2 Å². The van der Waals surface area contributed by atoms with E-state index in [1.54, 1.807) is 17.4 Å². The average Bonchev–Trinajstić information content (AvgIpc) is 3.63. The standard InChI is InChI=1S/C29H37N5O5S/c1-17(2)26(24-11-25(33-39-24)38-15-20-12-30-13-20)29(37)34-14-22(35)10-23(34)28(36)31-9-8-19-4-6-21(7-5-19)27-18(3)32-16-40-27/h4-7,11,16-17,20,22-23,26,30,35H,8-10,12-15H2,1-3H3,(H,31,36)/t22?,23?,26-/m0/s1. The molecule has 0 saturated carbocycles. The monoisotopic (exact) mass is 567 g/mol. The minimum absolute atomic E-state index is 0.102. The summed E-state index contributed by atoms with van der Waals surface area (Å²) in [7, 11) is 0. The summed E-state index contributed by atoms with van der Waals surface area (Å²) in [6.45, 7) is 8.75. The Bertz CT molecular complexity index is 1300. The first kappa shape index (κ1) is 28.3. The maximum atomic E-state index is 13.7. The molecule has 1 aromatic carbocycles. The molecule has 10 nitrogen and oxygen atoms in total. The Morgan fingerprint density at radius 2 is 2.05 bits per heavy atom. The number of hydrogen-bond donors (Lipinski definition) is 3. The predicted octanol–water partition coefficient (Wildman–Crippen LogP) is 2.77. The lowest BCUT2D eigenvalue weighted by atomic mass is 9.91. The molecular weight excluding hydrogens is 530 g/mol. The number of nitrogens with zero attached hydrogens (tertiary/aromatic N) is 3. The van der Waals surface area contributed by atoms with Crippen LogP contribution in [0.5, 0.6) is 5.88 Å². The molecule has 2 fully saturated rings. The number of aliphatic hydroxyl groups excluding tert-OH is 1. The summed E-state index contributed by atoms with van der Waals surface area (Å²) < 4.78 is 11.3. The Labute approximate surface area is 238 Å². The van der Waals surface area contributed by atoms with Crippen LogP contribution >= 0.6 is 11.3 Å². The van der Waals surface area contributed by atoms with E-state index in [4.69, 9.17) is 9.26 Å². The lowest BCUT2D eigenvalue weighted by Gasteiger charge is -2.28. The molecule has 2 aliphatic heterocycles. The molecule has 11 heteroatoms. The number of likely N-dealkylation sites (tertiary alicyclic amines) is 1. The van der Waals surface area contributed by atoms with E-state index in [1.807, 2.05) is 26.3 Å². The lowest BCUT2D eigenvalue weighted by molar-refractivity contribution is -0.140. The van der Waals surface area contributed by atoms with E-state index in [-0.39, 0.29) is 30.7 Å². The average molecular weight is 568 g/mol. The SMILES string of the molecule is Cc1ncsc1-c1ccc(CCNC(=O)C2CC(O)CN2C(=O)[C@H](c2cc(OCC3CNC3)no2)C(C)C)cc1. The molecule has 214 valence electrons. The molecule has 0 spiro atoms. The molecular formula is C29H37N5O5S. The van der Waals surface area contributed by atoms with Gasteiger partial charge in [0.15, 0.2) is 5.76 Å². The lowest BCUT2D eigenvalue weighted by Crippen LogP contribution is -2.48. The number of aryl methyl sites for hydroxylation is 1. The molecule has 0 radical (unpaired) electrons. The maximum absolute atomic E-state index is 13.7. The van der Waals surface area contributed by atoms with Crippen molar-refractivity contribution in [2.45, 2.75) is 51.7 Å². The van der Waals surface area contributed by atoms with Crippen LogP contribution in [0, 0.1) is 18.8 Å². The first-order valence-corrected chi connectivity index (χ1v) is 14.7. The number of nitrogens with one attached hydrogen (secondary N) is 2. The van der Waals surface area contributed by atoms with Crippen LogP contribution < -0.4 is 15.4 Å². The van der Waals surface area contributed by atoms with Gasteiger partial charge < -0.3 is 29.9 Å². The number of benzene rings is 1. The minimum atomic E-state index is -0.764. The van der Waals surface area contributed by atoms with Crippen LogP contribution in [0.25, 0.3) is 10.4 Å². The summed E-state index contributed by atoms with van der Waals surface area (Å²) in [6, 6.07) is 9.18. The van der Waals surface area contributed by atoms with Gasteiger partial charge in [0.1, 0.15) is 12.0 Å². The summed E-state index contributed by atoms with van der Waals surface area (Å²) >= 11 is 1.62. The van der Waals surface area contributed by atoms with Crippen LogP contribution in [0.15, 0.2) is 40.4 Å². The van der Waals surface area contributed by atoms with Crippen molar-refractivity contribution < 1.29 is 24.0 Å². The number of hydrogen-bond acceptors (Lipinski definition) is 9. The summed E-state index contributed by atoms with van der Waals surface area (Å²) in [6.07, 6.45) is 0.0920. The van der Waals surface area contributed by atoms with Gasteiger partial charge in [-0.3, -0.25) is 9.59 Å². The third kappa shape index (κ3) is 6.37. The van der Waals surface area contributed by atoms with Crippen molar-refractivity contribution in [3.05, 3.63) is 52.9 Å². The Hall–Kier alpha value is -3.28. The van der Waals surface area contributed by atoms with Crippen LogP contribution in [0.3, 0.4) is 0 Å². The largest absolute Gasteiger partial charge is 0.475 e. The van der Waals surface area contributed by atoms with E-state index >= 15 is 0 Å². The van der Waals surface area contributed by atoms with Gasteiger partial charge in [0, 0.05) is 44.6 Å². The number of aromatic nitrogens is 2. The fraction of sp³-hybridized carbons (Fsp3) is 0.517. The number of aliphatic hydroxyl groups is 1. The van der Waals surface area contributed by atoms with Crippen LogP contribution in [0.4, 0.5) is 0 Å². The van der Waals surface area contributed by atoms with Gasteiger partial charge >= 0.3 is 0 Å². The highest BCUT2D eigenvalue weighted by Gasteiger charge is 2.43. The number of thiazole rings is 1. The summed E-state index contributed by atoms with van der Waals surface area (Å²) in [5.41, 5.74) is 5.09. The second-order valence-electron chi connectivity index (χ2n) is 11.0. The van der Waals surface area contributed by atoms with Gasteiger partial charge in [-0.2, -0.15) is 0 Å². The molecule has 2 saturated heterocycles. The third-order valence-electron chi connectivity index (χ3n) is 7.62. The molecule has 2 amide bonds. The molecule has 0 bridgehead atoms. The summed E-state index contributed by atoms with van der Waals surface area (Å²) in [4.78, 5) is 33.9. The maximum Gasteiger partial charge on any atom is 0.254 e. The van der Waals surface area contributed by atoms with E-state index in [2.05, 4.69) is 45.0 Å². The van der Waals surface area contributed by atoms with Gasteiger partial charge in [-0.25, -0.2) is 4.98 Å². The van der Waals surface area contributed by atoms with E-state index in [1.165, 1.54) is 4.90 Å². The first-order chi connectivity index (χ1) is 19.3. The van der Waals surface area contributed by atoms with Crippen LogP contribution in [0.2, 0.25) is 0 Å². The number of carbonyl (C=O) groups is 2. The van der Waals surface area contributed by atoms with Gasteiger partial charge in [0.2, 0.25) is 11.8 Å². The number of β-amino-alcohol motifs (C(OH)–C–C–N with tert-alkyl or cyclic N) is 1. The fourth-order valence-corrected chi connectivity index (χ4v) is 6.04. The molecule has 40 heavy (non-hydrogen) atoms. The molecule has 0 aliphatic carbocycles. The summed E-state index contributed by atoms with van der Waals surface area (Å²) in [5.74, 6) is -0.0728. The van der Waals surface area contributed by atoms with Gasteiger partial charge in [-0.05, 0) is 35.5 Å². The molecule has 3 atom stereocenters. The normalized spacial score (nSPS) is 20.0. The van der Waals surface area contributed by atoms with Gasteiger partial charge in [-0.1, -0.05) is 38.1 Å². The van der Waals surface area contributed by atoms with Crippen molar-refractivity contribution >= 4 is 23.2 Å². The Morgan fingerprint density at radius 3 is 2.70 bits per heavy atom. The first-order valence-electron chi connectivity index (χ1n) is 13.9. The third-order valence-corrected chi connectivity index (χ3v) is 8.60. The smallest absolute Gasteiger partial charge is 0.254 e. The second-order valence-corrected chi connectivity index (χ2v) is 11.9. The highest BCUT2D eigenvalue weighted by atomic mass is 32.1. The van der Waals surface area contributed by atoms with E-state index < -0.39 is 18.1 Å². The highest BCUT2D eigenvalue weighted by molar-refractivity contribution is 7.13. The van der Waals surface area contributed by atoms with E-state index in [0.717, 1.165) is 34.8 Å². The van der Waals surface area contributed by atoms with Crippen molar-refractivity contribution in [2.75, 3.05) is 32.8 Å². The molecule has 5 rings (SSSR count).